The molecule has 1 aliphatic heterocycles. The van der Waals surface area contributed by atoms with Crippen molar-refractivity contribution in [2.24, 2.45) is 10.7 Å². The van der Waals surface area contributed by atoms with E-state index < -0.39 is 10.0 Å². The van der Waals surface area contributed by atoms with Crippen LogP contribution in [0.1, 0.15) is 18.1 Å². The second-order valence-corrected chi connectivity index (χ2v) is 8.23. The molecule has 0 amide bonds. The molecular weight excluding hydrogens is 348 g/mol. The van der Waals surface area contributed by atoms with E-state index in [0.29, 0.717) is 6.54 Å². The molecule has 0 aromatic heterocycles. The molecule has 6 nitrogen and oxygen atoms in total. The average molecular weight is 372 g/mol. The molecule has 0 radical (unpaired) electrons. The van der Waals surface area contributed by atoms with Crippen molar-refractivity contribution >= 4 is 27.4 Å². The molecule has 2 aromatic carbocycles. The number of aryl methyl sites for hydroxylation is 1. The number of nitrogens with two attached hydrogens (primary N) is 1. The van der Waals surface area contributed by atoms with Crippen LogP contribution in [0.2, 0.25) is 0 Å². The molecule has 0 aliphatic carbocycles. The Morgan fingerprint density at radius 2 is 2.04 bits per heavy atom. The number of nitrogens with one attached hydrogen (secondary N) is 1. The van der Waals surface area contributed by atoms with Gasteiger partial charge in [-0.2, -0.15) is 0 Å². The maximum Gasteiger partial charge on any atom is 0.237 e. The zero-order valence-corrected chi connectivity index (χ0v) is 15.7. The van der Waals surface area contributed by atoms with Crippen molar-refractivity contribution < 1.29 is 8.42 Å². The van der Waals surface area contributed by atoms with E-state index in [2.05, 4.69) is 17.2 Å². The zero-order valence-electron chi connectivity index (χ0n) is 14.9. The van der Waals surface area contributed by atoms with Gasteiger partial charge >= 0.3 is 0 Å². The van der Waals surface area contributed by atoms with Crippen molar-refractivity contribution in [1.29, 1.82) is 0 Å². The summed E-state index contributed by atoms with van der Waals surface area (Å²) in [6.07, 6.45) is 1.68. The lowest BCUT2D eigenvalue weighted by Gasteiger charge is -2.18. The minimum atomic E-state index is -3.41. The Labute approximate surface area is 154 Å². The van der Waals surface area contributed by atoms with E-state index in [-0.39, 0.29) is 18.3 Å². The van der Waals surface area contributed by atoms with E-state index >= 15 is 0 Å². The van der Waals surface area contributed by atoms with Gasteiger partial charge in [-0.3, -0.25) is 9.30 Å². The molecule has 0 spiro atoms. The number of guanidine groups is 1. The minimum absolute atomic E-state index is 0.0707. The Bertz CT molecular complexity index is 909. The van der Waals surface area contributed by atoms with Crippen LogP contribution >= 0.6 is 0 Å². The number of sulfonamides is 1. The number of para-hydroxylation sites is 1. The van der Waals surface area contributed by atoms with E-state index in [1.54, 1.807) is 0 Å². The molecule has 3 rings (SSSR count). The molecule has 26 heavy (non-hydrogen) atoms. The van der Waals surface area contributed by atoms with E-state index in [1.807, 2.05) is 48.5 Å². The van der Waals surface area contributed by atoms with Gasteiger partial charge in [-0.25, -0.2) is 8.42 Å². The number of hydrogen-bond acceptors (Lipinski definition) is 3. The SMILES string of the molecule is CCc1cccc(NC(N)=NCCS(=O)(=O)N2CCc3ccccc32)c1. The standard InChI is InChI=1S/C19H24N4O2S/c1-2-15-6-5-8-17(14-15)22-19(20)21-11-13-26(24,25)23-12-10-16-7-3-4-9-18(16)23/h3-9,14H,2,10-13H2,1H3,(H3,20,21,22). The number of benzene rings is 2. The molecule has 0 unspecified atom stereocenters. The van der Waals surface area contributed by atoms with Crippen molar-refractivity contribution in [3.05, 3.63) is 59.7 Å². The molecule has 0 saturated heterocycles. The molecule has 0 fully saturated rings. The summed E-state index contributed by atoms with van der Waals surface area (Å²) in [5, 5.41) is 3.01. The van der Waals surface area contributed by atoms with E-state index in [1.165, 1.54) is 9.87 Å². The van der Waals surface area contributed by atoms with Crippen molar-refractivity contribution in [3.63, 3.8) is 0 Å². The minimum Gasteiger partial charge on any atom is -0.370 e. The Balaban J connectivity index is 1.60. The normalized spacial score (nSPS) is 14.3. The van der Waals surface area contributed by atoms with Crippen molar-refractivity contribution in [2.75, 3.05) is 28.5 Å². The predicted octanol–water partition coefficient (Wildman–Crippen LogP) is 2.37. The number of aliphatic imine (C=N–C) groups is 1. The second kappa shape index (κ2) is 7.78. The third kappa shape index (κ3) is 4.16. The third-order valence-corrected chi connectivity index (χ3v) is 6.17. The van der Waals surface area contributed by atoms with Crippen LogP contribution in [-0.4, -0.2) is 33.2 Å². The molecule has 2 aromatic rings. The van der Waals surface area contributed by atoms with E-state index in [4.69, 9.17) is 5.73 Å². The third-order valence-electron chi connectivity index (χ3n) is 4.42. The van der Waals surface area contributed by atoms with E-state index in [0.717, 1.165) is 29.8 Å². The Kier molecular flexibility index (Phi) is 5.46. The van der Waals surface area contributed by atoms with E-state index in [9.17, 15) is 8.42 Å². The lowest BCUT2D eigenvalue weighted by Crippen LogP contribution is -2.33. The van der Waals surface area contributed by atoms with Gasteiger partial charge in [-0.1, -0.05) is 37.3 Å². The Morgan fingerprint density at radius 3 is 2.85 bits per heavy atom. The van der Waals surface area contributed by atoms with Crippen molar-refractivity contribution in [2.45, 2.75) is 19.8 Å². The van der Waals surface area contributed by atoms with Gasteiger partial charge < -0.3 is 11.1 Å². The highest BCUT2D eigenvalue weighted by molar-refractivity contribution is 7.92. The molecular formula is C19H24N4O2S. The van der Waals surface area contributed by atoms with Crippen LogP contribution in [0.15, 0.2) is 53.5 Å². The number of rotatable bonds is 6. The van der Waals surface area contributed by atoms with Gasteiger partial charge in [0.2, 0.25) is 10.0 Å². The zero-order chi connectivity index (χ0) is 18.6. The summed E-state index contributed by atoms with van der Waals surface area (Å²) in [4.78, 5) is 4.16. The summed E-state index contributed by atoms with van der Waals surface area (Å²) in [6, 6.07) is 15.5. The summed E-state index contributed by atoms with van der Waals surface area (Å²) in [6.45, 7) is 2.69. The Morgan fingerprint density at radius 1 is 1.23 bits per heavy atom. The van der Waals surface area contributed by atoms with Gasteiger partial charge in [0, 0.05) is 12.2 Å². The highest BCUT2D eigenvalue weighted by Crippen LogP contribution is 2.29. The highest BCUT2D eigenvalue weighted by atomic mass is 32.2. The molecule has 7 heteroatoms. The first kappa shape index (κ1) is 18.3. The van der Waals surface area contributed by atoms with Crippen LogP contribution in [0.5, 0.6) is 0 Å². The average Bonchev–Trinajstić information content (AvgIpc) is 3.06. The quantitative estimate of drug-likeness (QED) is 0.602. The second-order valence-electron chi connectivity index (χ2n) is 6.21. The maximum absolute atomic E-state index is 12.6. The first-order valence-electron chi connectivity index (χ1n) is 8.74. The monoisotopic (exact) mass is 372 g/mol. The topological polar surface area (TPSA) is 87.8 Å². The van der Waals surface area contributed by atoms with Gasteiger partial charge in [-0.15, -0.1) is 0 Å². The first-order valence-corrected chi connectivity index (χ1v) is 10.3. The van der Waals surface area contributed by atoms with Crippen LogP contribution in [0.4, 0.5) is 11.4 Å². The van der Waals surface area contributed by atoms with Crippen LogP contribution in [-0.2, 0) is 22.9 Å². The smallest absolute Gasteiger partial charge is 0.237 e. The lowest BCUT2D eigenvalue weighted by molar-refractivity contribution is 0.592. The van der Waals surface area contributed by atoms with Crippen molar-refractivity contribution in [1.82, 2.24) is 0 Å². The maximum atomic E-state index is 12.6. The van der Waals surface area contributed by atoms with Crippen LogP contribution < -0.4 is 15.4 Å². The first-order chi connectivity index (χ1) is 12.5. The largest absolute Gasteiger partial charge is 0.370 e. The summed E-state index contributed by atoms with van der Waals surface area (Å²) >= 11 is 0. The fraction of sp³-hybridized carbons (Fsp3) is 0.316. The number of anilines is 2. The molecule has 0 atom stereocenters. The molecule has 1 heterocycles. The number of hydrogen-bond donors (Lipinski definition) is 2. The highest BCUT2D eigenvalue weighted by Gasteiger charge is 2.28. The van der Waals surface area contributed by atoms with Gasteiger partial charge in [0.15, 0.2) is 5.96 Å². The summed E-state index contributed by atoms with van der Waals surface area (Å²) < 4.78 is 26.7. The fourth-order valence-corrected chi connectivity index (χ4v) is 4.43. The lowest BCUT2D eigenvalue weighted by atomic mass is 10.1. The van der Waals surface area contributed by atoms with Crippen LogP contribution in [0, 0.1) is 0 Å². The molecule has 1 aliphatic rings. The van der Waals surface area contributed by atoms with Gasteiger partial charge in [-0.05, 0) is 42.2 Å². The van der Waals surface area contributed by atoms with Gasteiger partial charge in [0.1, 0.15) is 0 Å². The van der Waals surface area contributed by atoms with Crippen LogP contribution in [0.25, 0.3) is 0 Å². The molecule has 138 valence electrons. The number of fused-ring (bicyclic) bond motifs is 1. The van der Waals surface area contributed by atoms with Crippen molar-refractivity contribution in [3.8, 4) is 0 Å². The summed E-state index contributed by atoms with van der Waals surface area (Å²) in [5.41, 5.74) is 9.77. The molecule has 0 saturated carbocycles. The van der Waals surface area contributed by atoms with Gasteiger partial charge in [0.05, 0.1) is 18.0 Å². The van der Waals surface area contributed by atoms with Gasteiger partial charge in [0.25, 0.3) is 0 Å². The molecule has 0 bridgehead atoms. The number of nitrogens with zero attached hydrogens (tertiary/aromatic N) is 2. The Hall–Kier alpha value is -2.54. The summed E-state index contributed by atoms with van der Waals surface area (Å²) in [5.74, 6) is 0.147. The fourth-order valence-electron chi connectivity index (χ4n) is 3.04. The van der Waals surface area contributed by atoms with Crippen LogP contribution in [0.3, 0.4) is 0 Å². The predicted molar refractivity (Wildman–Crippen MR) is 107 cm³/mol. The molecule has 3 N–H and O–H groups in total. The summed E-state index contributed by atoms with van der Waals surface area (Å²) in [7, 11) is -3.41.